The number of fused-ring (bicyclic) bond motifs is 1. The lowest BCUT2D eigenvalue weighted by molar-refractivity contribution is -0.882. The minimum atomic E-state index is -0.787. The van der Waals surface area contributed by atoms with Crippen molar-refractivity contribution < 1.29 is 14.8 Å². The van der Waals surface area contributed by atoms with Crippen molar-refractivity contribution in [3.05, 3.63) is 53.7 Å². The Balaban J connectivity index is 2.08. The maximum Gasteiger partial charge on any atom is 0.391 e. The highest BCUT2D eigenvalue weighted by atomic mass is 16.4. The smallest absolute Gasteiger partial charge is 0.391 e. The van der Waals surface area contributed by atoms with Crippen LogP contribution in [0.4, 0.5) is 0 Å². The third kappa shape index (κ3) is 2.22. The minimum absolute atomic E-state index is 0.340. The first-order valence-electron chi connectivity index (χ1n) is 6.84. The summed E-state index contributed by atoms with van der Waals surface area (Å²) < 4.78 is 0. The zero-order chi connectivity index (χ0) is 13.2. The highest BCUT2D eigenvalue weighted by Gasteiger charge is 2.36. The van der Waals surface area contributed by atoms with Crippen molar-refractivity contribution >= 4 is 11.5 Å². The molecule has 1 fully saturated rings. The third-order valence-electron chi connectivity index (χ3n) is 4.04. The quantitative estimate of drug-likeness (QED) is 0.842. The molecule has 2 aliphatic rings. The fraction of sp³-hybridized carbons (Fsp3) is 0.312. The fourth-order valence-corrected chi connectivity index (χ4v) is 3.14. The first-order chi connectivity index (χ1) is 9.27. The summed E-state index contributed by atoms with van der Waals surface area (Å²) in [5, 5.41) is 9.60. The number of hydrogen-bond donors (Lipinski definition) is 2. The minimum Gasteiger partial charge on any atom is -0.474 e. The number of hydrogen-bond acceptors (Lipinski definition) is 1. The van der Waals surface area contributed by atoms with Gasteiger partial charge in [-0.3, -0.25) is 4.90 Å². The van der Waals surface area contributed by atoms with E-state index in [9.17, 15) is 9.90 Å². The van der Waals surface area contributed by atoms with Crippen LogP contribution >= 0.6 is 0 Å². The molecule has 2 unspecified atom stereocenters. The molecule has 0 radical (unpaired) electrons. The second kappa shape index (κ2) is 5.02. The predicted molar refractivity (Wildman–Crippen MR) is 73.6 cm³/mol. The summed E-state index contributed by atoms with van der Waals surface area (Å²) in [4.78, 5) is 12.8. The molecular weight excluding hydrogens is 238 g/mol. The number of carboxylic acid groups (broad SMARTS) is 1. The Morgan fingerprint density at radius 2 is 2.00 bits per heavy atom. The number of benzene rings is 1. The molecular formula is C16H18NO2+. The van der Waals surface area contributed by atoms with Crippen LogP contribution in [-0.4, -0.2) is 23.7 Å². The van der Waals surface area contributed by atoms with Crippen molar-refractivity contribution in [2.75, 3.05) is 6.54 Å². The van der Waals surface area contributed by atoms with Gasteiger partial charge in [0, 0.05) is 6.42 Å². The normalized spacial score (nSPS) is 26.1. The Bertz CT molecular complexity index is 545. The van der Waals surface area contributed by atoms with Crippen LogP contribution in [0.15, 0.2) is 48.2 Å². The van der Waals surface area contributed by atoms with Gasteiger partial charge in [-0.05, 0) is 30.6 Å². The molecule has 2 N–H and O–H groups in total. The molecule has 1 aromatic carbocycles. The highest BCUT2D eigenvalue weighted by Crippen LogP contribution is 2.22. The average molecular weight is 256 g/mol. The molecule has 98 valence electrons. The van der Waals surface area contributed by atoms with E-state index < -0.39 is 5.97 Å². The van der Waals surface area contributed by atoms with Crippen molar-refractivity contribution in [2.45, 2.75) is 25.3 Å². The van der Waals surface area contributed by atoms with E-state index in [1.165, 1.54) is 6.42 Å². The molecule has 2 heterocycles. The van der Waals surface area contributed by atoms with Gasteiger partial charge in [-0.15, -0.1) is 0 Å². The Morgan fingerprint density at radius 1 is 1.21 bits per heavy atom. The number of piperidine rings is 1. The van der Waals surface area contributed by atoms with Gasteiger partial charge in [0.1, 0.15) is 6.04 Å². The van der Waals surface area contributed by atoms with Crippen LogP contribution in [0.2, 0.25) is 0 Å². The first kappa shape index (κ1) is 12.2. The van der Waals surface area contributed by atoms with Crippen molar-refractivity contribution in [1.29, 1.82) is 0 Å². The second-order valence-electron chi connectivity index (χ2n) is 5.20. The SMILES string of the molecule is O=C(O)C1=C(c2ccccc2)C=CC2CCCC[NH+]12. The van der Waals surface area contributed by atoms with E-state index in [4.69, 9.17) is 0 Å². The van der Waals surface area contributed by atoms with Crippen LogP contribution in [-0.2, 0) is 4.79 Å². The molecule has 0 amide bonds. The zero-order valence-corrected chi connectivity index (χ0v) is 10.8. The van der Waals surface area contributed by atoms with E-state index in [0.29, 0.717) is 11.7 Å². The van der Waals surface area contributed by atoms with Gasteiger partial charge >= 0.3 is 5.97 Å². The molecule has 1 saturated heterocycles. The summed E-state index contributed by atoms with van der Waals surface area (Å²) in [5.41, 5.74) is 2.40. The van der Waals surface area contributed by atoms with E-state index in [2.05, 4.69) is 6.08 Å². The van der Waals surface area contributed by atoms with Gasteiger partial charge < -0.3 is 5.11 Å². The van der Waals surface area contributed by atoms with E-state index in [1.807, 2.05) is 36.4 Å². The molecule has 0 saturated carbocycles. The number of carbonyl (C=O) groups is 1. The lowest BCUT2D eigenvalue weighted by atomic mass is 9.92. The summed E-state index contributed by atoms with van der Waals surface area (Å²) in [5.74, 6) is -0.787. The van der Waals surface area contributed by atoms with Crippen molar-refractivity contribution in [1.82, 2.24) is 0 Å². The van der Waals surface area contributed by atoms with Gasteiger partial charge in [-0.1, -0.05) is 30.3 Å². The van der Waals surface area contributed by atoms with Crippen LogP contribution in [0.1, 0.15) is 24.8 Å². The molecule has 2 aliphatic heterocycles. The van der Waals surface area contributed by atoms with E-state index in [1.54, 1.807) is 0 Å². The van der Waals surface area contributed by atoms with Gasteiger partial charge in [0.15, 0.2) is 0 Å². The van der Waals surface area contributed by atoms with Crippen LogP contribution in [0.3, 0.4) is 0 Å². The maximum atomic E-state index is 11.7. The molecule has 0 bridgehead atoms. The van der Waals surface area contributed by atoms with Gasteiger partial charge in [0.25, 0.3) is 0 Å². The van der Waals surface area contributed by atoms with E-state index in [0.717, 1.165) is 35.4 Å². The number of allylic oxidation sites excluding steroid dienone is 2. The van der Waals surface area contributed by atoms with Gasteiger partial charge in [0.2, 0.25) is 5.70 Å². The molecule has 3 heteroatoms. The van der Waals surface area contributed by atoms with Crippen molar-refractivity contribution in [2.24, 2.45) is 0 Å². The summed E-state index contributed by atoms with van der Waals surface area (Å²) in [7, 11) is 0. The standard InChI is InChI=1S/C16H17NO2/c18-16(19)15-14(12-6-2-1-3-7-12)10-9-13-8-4-5-11-17(13)15/h1-3,6-7,9-10,13H,4-5,8,11H2,(H,18,19)/p+1. The third-order valence-corrected chi connectivity index (χ3v) is 4.04. The molecule has 2 atom stereocenters. The van der Waals surface area contributed by atoms with Gasteiger partial charge in [0.05, 0.1) is 12.1 Å². The van der Waals surface area contributed by atoms with Gasteiger partial charge in [-0.25, -0.2) is 4.79 Å². The lowest BCUT2D eigenvalue weighted by Crippen LogP contribution is -3.15. The second-order valence-corrected chi connectivity index (χ2v) is 5.20. The lowest BCUT2D eigenvalue weighted by Gasteiger charge is -2.33. The summed E-state index contributed by atoms with van der Waals surface area (Å²) >= 11 is 0. The van der Waals surface area contributed by atoms with Crippen LogP contribution < -0.4 is 4.90 Å². The monoisotopic (exact) mass is 256 g/mol. The largest absolute Gasteiger partial charge is 0.474 e. The Kier molecular flexibility index (Phi) is 3.22. The zero-order valence-electron chi connectivity index (χ0n) is 10.8. The fourth-order valence-electron chi connectivity index (χ4n) is 3.14. The molecule has 3 nitrogen and oxygen atoms in total. The van der Waals surface area contributed by atoms with E-state index in [-0.39, 0.29) is 0 Å². The summed E-state index contributed by atoms with van der Waals surface area (Å²) in [6.07, 6.45) is 7.58. The molecule has 0 spiro atoms. The molecule has 0 aliphatic carbocycles. The van der Waals surface area contributed by atoms with E-state index >= 15 is 0 Å². The van der Waals surface area contributed by atoms with Crippen LogP contribution in [0, 0.1) is 0 Å². The number of aliphatic carboxylic acids is 1. The number of rotatable bonds is 2. The summed E-state index contributed by atoms with van der Waals surface area (Å²) in [6.45, 7) is 0.924. The van der Waals surface area contributed by atoms with Crippen LogP contribution in [0.5, 0.6) is 0 Å². The van der Waals surface area contributed by atoms with Crippen molar-refractivity contribution in [3.8, 4) is 0 Å². The molecule has 3 rings (SSSR count). The Hall–Kier alpha value is -1.87. The number of carboxylic acids is 1. The Morgan fingerprint density at radius 3 is 2.74 bits per heavy atom. The average Bonchev–Trinajstić information content (AvgIpc) is 2.46. The Labute approximate surface area is 112 Å². The maximum absolute atomic E-state index is 11.7. The molecule has 19 heavy (non-hydrogen) atoms. The summed E-state index contributed by atoms with van der Waals surface area (Å²) in [6, 6.07) is 10.2. The highest BCUT2D eigenvalue weighted by molar-refractivity contribution is 5.96. The first-order valence-corrected chi connectivity index (χ1v) is 6.84. The van der Waals surface area contributed by atoms with Crippen molar-refractivity contribution in [3.63, 3.8) is 0 Å². The predicted octanol–water partition coefficient (Wildman–Crippen LogP) is 1.49. The molecule has 0 aromatic heterocycles. The topological polar surface area (TPSA) is 41.7 Å². The molecule has 1 aromatic rings. The van der Waals surface area contributed by atoms with Crippen LogP contribution in [0.25, 0.3) is 5.57 Å². The number of nitrogens with one attached hydrogen (secondary N) is 1. The number of quaternary nitrogens is 1. The van der Waals surface area contributed by atoms with Gasteiger partial charge in [-0.2, -0.15) is 0 Å².